The number of carbonyl (C=O) groups is 6. The van der Waals surface area contributed by atoms with Gasteiger partial charge in [-0.05, 0) is 46.8 Å². The van der Waals surface area contributed by atoms with E-state index in [9.17, 15) is 28.8 Å². The van der Waals surface area contributed by atoms with Gasteiger partial charge in [-0.25, -0.2) is 9.59 Å². The summed E-state index contributed by atoms with van der Waals surface area (Å²) in [7, 11) is 1.56. The summed E-state index contributed by atoms with van der Waals surface area (Å²) in [6.07, 6.45) is 0.344. The summed E-state index contributed by atoms with van der Waals surface area (Å²) < 4.78 is 10.7. The highest BCUT2D eigenvalue weighted by atomic mass is 16.5. The van der Waals surface area contributed by atoms with Crippen molar-refractivity contribution in [3.8, 4) is 5.75 Å². The van der Waals surface area contributed by atoms with Gasteiger partial charge in [0.15, 0.2) is 0 Å². The fourth-order valence-electron chi connectivity index (χ4n) is 4.80. The van der Waals surface area contributed by atoms with Crippen LogP contribution in [0.25, 0.3) is 0 Å². The number of benzene rings is 1. The number of methoxy groups -OCH3 is 1. The van der Waals surface area contributed by atoms with Crippen LogP contribution in [-0.2, 0) is 35.3 Å². The van der Waals surface area contributed by atoms with Crippen molar-refractivity contribution in [2.24, 2.45) is 34.3 Å². The number of urea groups is 1. The smallest absolute Gasteiger partial charge is 0.329 e. The van der Waals surface area contributed by atoms with E-state index in [1.807, 2.05) is 13.8 Å². The van der Waals surface area contributed by atoms with Crippen molar-refractivity contribution < 1.29 is 38.2 Å². The van der Waals surface area contributed by atoms with Crippen LogP contribution in [0.1, 0.15) is 74.3 Å². The number of hydrogen-bond acceptors (Lipinski definition) is 8. The molecule has 0 radical (unpaired) electrons. The summed E-state index contributed by atoms with van der Waals surface area (Å²) >= 11 is 0. The Morgan fingerprint density at radius 1 is 0.833 bits per heavy atom. The lowest BCUT2D eigenvalue weighted by molar-refractivity contribution is -0.150. The van der Waals surface area contributed by atoms with Gasteiger partial charge in [0.05, 0.1) is 13.7 Å². The van der Waals surface area contributed by atoms with E-state index in [4.69, 9.17) is 15.2 Å². The van der Waals surface area contributed by atoms with Gasteiger partial charge in [0.2, 0.25) is 17.6 Å². The lowest BCUT2D eigenvalue weighted by atomic mass is 9.79. The SMILES string of the molecule is C=C(C(C)C)[C@@H](CCNC(=O)[C@@H](NC(=O)N[C@H](C(=O)OCc1ccc(OC)cc1)C(C)(C)C)C(C)(C)C)[C@H](C)C(=O)NCC(=O)C(N)=O. The average Bonchev–Trinajstić information content (AvgIpc) is 3.00. The van der Waals surface area contributed by atoms with Crippen LogP contribution in [0.15, 0.2) is 36.4 Å². The molecule has 0 aliphatic carbocycles. The van der Waals surface area contributed by atoms with E-state index in [1.165, 1.54) is 0 Å². The Bertz CT molecular complexity index is 1310. The third-order valence-corrected chi connectivity index (χ3v) is 8.01. The predicted octanol–water partition coefficient (Wildman–Crippen LogP) is 3.01. The first-order valence-electron chi connectivity index (χ1n) is 16.0. The second-order valence-corrected chi connectivity index (χ2v) is 14.4. The molecule has 0 fully saturated rings. The average molecular weight is 674 g/mol. The maximum Gasteiger partial charge on any atom is 0.329 e. The van der Waals surface area contributed by atoms with Crippen LogP contribution in [0, 0.1) is 28.6 Å². The Kier molecular flexibility index (Phi) is 15.8. The van der Waals surface area contributed by atoms with E-state index in [0.29, 0.717) is 12.2 Å². The van der Waals surface area contributed by atoms with E-state index in [0.717, 1.165) is 11.1 Å². The molecule has 5 amide bonds. The zero-order valence-electron chi connectivity index (χ0n) is 30.1. The van der Waals surface area contributed by atoms with Crippen molar-refractivity contribution in [1.82, 2.24) is 21.3 Å². The molecule has 0 aliphatic heterocycles. The lowest BCUT2D eigenvalue weighted by Gasteiger charge is -2.33. The Morgan fingerprint density at radius 2 is 1.38 bits per heavy atom. The highest BCUT2D eigenvalue weighted by molar-refractivity contribution is 6.36. The first-order chi connectivity index (χ1) is 22.1. The number of hydrogen-bond donors (Lipinski definition) is 5. The summed E-state index contributed by atoms with van der Waals surface area (Å²) in [5.74, 6) is -3.88. The van der Waals surface area contributed by atoms with Gasteiger partial charge in [0.25, 0.3) is 5.91 Å². The molecule has 0 saturated carbocycles. The summed E-state index contributed by atoms with van der Waals surface area (Å²) in [5.41, 5.74) is 5.08. The third-order valence-electron chi connectivity index (χ3n) is 8.01. The predicted molar refractivity (Wildman–Crippen MR) is 182 cm³/mol. The number of carbonyl (C=O) groups excluding carboxylic acids is 6. The van der Waals surface area contributed by atoms with Gasteiger partial charge in [-0.2, -0.15) is 0 Å². The van der Waals surface area contributed by atoms with E-state index in [1.54, 1.807) is 79.8 Å². The summed E-state index contributed by atoms with van der Waals surface area (Å²) in [5, 5.41) is 10.7. The second-order valence-electron chi connectivity index (χ2n) is 14.4. The number of nitrogens with two attached hydrogens (primary N) is 1. The van der Waals surface area contributed by atoms with Crippen LogP contribution in [-0.4, -0.2) is 67.8 Å². The van der Waals surface area contributed by atoms with Crippen molar-refractivity contribution in [3.05, 3.63) is 42.0 Å². The zero-order valence-corrected chi connectivity index (χ0v) is 30.1. The molecule has 1 aromatic carbocycles. The van der Waals surface area contributed by atoms with Crippen LogP contribution in [0.3, 0.4) is 0 Å². The van der Waals surface area contributed by atoms with E-state index < -0.39 is 70.9 Å². The Morgan fingerprint density at radius 3 is 1.85 bits per heavy atom. The zero-order chi connectivity index (χ0) is 37.0. The second kappa shape index (κ2) is 18.2. The maximum absolute atomic E-state index is 13.4. The van der Waals surface area contributed by atoms with Crippen molar-refractivity contribution >= 4 is 35.5 Å². The lowest BCUT2D eigenvalue weighted by Crippen LogP contribution is -2.59. The van der Waals surface area contributed by atoms with Crippen LogP contribution in [0.4, 0.5) is 4.79 Å². The van der Waals surface area contributed by atoms with Gasteiger partial charge in [-0.1, -0.05) is 86.6 Å². The fourth-order valence-corrected chi connectivity index (χ4v) is 4.80. The first-order valence-corrected chi connectivity index (χ1v) is 16.0. The standard InChI is InChI=1S/C35H55N5O8/c1-20(2)21(3)25(22(4)30(43)38-18-26(41)29(36)42)16-17-37-31(44)27(34(5,6)7)39-33(46)40-28(35(8,9)10)32(45)48-19-23-12-14-24(47-11)15-13-23/h12-15,20,22,25,27-28H,3,16-19H2,1-2,4-11H3,(H2,36,42)(H,37,44)(H,38,43)(H2,39,40,46)/t22-,25+,27+,28+/m0/s1. The minimum atomic E-state index is -1.14. The number of rotatable bonds is 17. The molecule has 13 heteroatoms. The highest BCUT2D eigenvalue weighted by Gasteiger charge is 2.38. The molecule has 0 aromatic heterocycles. The van der Waals surface area contributed by atoms with Gasteiger partial charge in [-0.15, -0.1) is 0 Å². The molecule has 1 aromatic rings. The number of allylic oxidation sites excluding steroid dienone is 1. The van der Waals surface area contributed by atoms with Crippen LogP contribution in [0.5, 0.6) is 5.75 Å². The summed E-state index contributed by atoms with van der Waals surface area (Å²) in [6, 6.07) is 4.34. The molecule has 13 nitrogen and oxygen atoms in total. The third kappa shape index (κ3) is 13.4. The van der Waals surface area contributed by atoms with Gasteiger partial charge >= 0.3 is 12.0 Å². The number of nitrogens with one attached hydrogen (secondary N) is 4. The Hall–Kier alpha value is -4.42. The quantitative estimate of drug-likeness (QED) is 0.0946. The molecule has 0 unspecified atom stereocenters. The van der Waals surface area contributed by atoms with Gasteiger partial charge in [0, 0.05) is 12.5 Å². The molecule has 48 heavy (non-hydrogen) atoms. The topological polar surface area (TPSA) is 195 Å². The maximum atomic E-state index is 13.4. The number of primary amides is 1. The van der Waals surface area contributed by atoms with Crippen molar-refractivity contribution in [2.75, 3.05) is 20.2 Å². The van der Waals surface area contributed by atoms with Crippen molar-refractivity contribution in [2.45, 2.75) is 87.4 Å². The van der Waals surface area contributed by atoms with Gasteiger partial charge in [-0.3, -0.25) is 19.2 Å². The molecule has 268 valence electrons. The molecular weight excluding hydrogens is 618 g/mol. The molecule has 1 rings (SSSR count). The molecule has 6 N–H and O–H groups in total. The molecule has 0 bridgehead atoms. The molecule has 0 heterocycles. The largest absolute Gasteiger partial charge is 0.497 e. The monoisotopic (exact) mass is 673 g/mol. The van der Waals surface area contributed by atoms with E-state index in [-0.39, 0.29) is 25.0 Å². The summed E-state index contributed by atoms with van der Waals surface area (Å²) in [4.78, 5) is 75.2. The molecule has 0 aliphatic rings. The Balaban J connectivity index is 2.95. The number of ether oxygens (including phenoxy) is 2. The molecule has 0 spiro atoms. The highest BCUT2D eigenvalue weighted by Crippen LogP contribution is 2.29. The molecule has 0 saturated heterocycles. The molecule has 4 atom stereocenters. The van der Waals surface area contributed by atoms with Crippen LogP contribution >= 0.6 is 0 Å². The number of esters is 1. The van der Waals surface area contributed by atoms with Crippen LogP contribution in [0.2, 0.25) is 0 Å². The fraction of sp³-hybridized carbons (Fsp3) is 0.600. The number of Topliss-reactive ketones (excluding diaryl/α,β-unsaturated/α-hetero) is 1. The Labute approximate surface area is 284 Å². The van der Waals surface area contributed by atoms with Gasteiger partial charge in [0.1, 0.15) is 24.4 Å². The van der Waals surface area contributed by atoms with E-state index >= 15 is 0 Å². The first kappa shape index (κ1) is 41.6. The van der Waals surface area contributed by atoms with Crippen LogP contribution < -0.4 is 31.7 Å². The number of ketones is 1. The van der Waals surface area contributed by atoms with Crippen molar-refractivity contribution in [1.29, 1.82) is 0 Å². The minimum absolute atomic E-state index is 0.00172. The van der Waals surface area contributed by atoms with Gasteiger partial charge < -0.3 is 36.5 Å². The summed E-state index contributed by atoms with van der Waals surface area (Å²) in [6.45, 7) is 20.1. The number of amides is 5. The van der Waals surface area contributed by atoms with E-state index in [2.05, 4.69) is 27.8 Å². The normalized spacial score (nSPS) is 14.1. The minimum Gasteiger partial charge on any atom is -0.497 e. The molecular formula is C35H55N5O8. The van der Waals surface area contributed by atoms with Crippen molar-refractivity contribution in [3.63, 3.8) is 0 Å².